The van der Waals surface area contributed by atoms with E-state index < -0.39 is 0 Å². The highest BCUT2D eigenvalue weighted by Crippen LogP contribution is 2.27. The Labute approximate surface area is 119 Å². The summed E-state index contributed by atoms with van der Waals surface area (Å²) >= 11 is 0. The van der Waals surface area contributed by atoms with Crippen molar-refractivity contribution in [2.24, 2.45) is 0 Å². The number of esters is 1. The van der Waals surface area contributed by atoms with Crippen molar-refractivity contribution in [2.45, 2.75) is 39.2 Å². The monoisotopic (exact) mass is 275 g/mol. The SMILES string of the molecule is CCOC(=O)CN(C(=O)Cc1cccc(C)c1)C1CC1. The Morgan fingerprint density at radius 1 is 1.35 bits per heavy atom. The zero-order valence-electron chi connectivity index (χ0n) is 12.1. The normalized spacial score (nSPS) is 13.9. The van der Waals surface area contributed by atoms with Crippen LogP contribution in [0.15, 0.2) is 24.3 Å². The number of hydrogen-bond donors (Lipinski definition) is 0. The quantitative estimate of drug-likeness (QED) is 0.747. The molecule has 0 aliphatic heterocycles. The third kappa shape index (κ3) is 4.08. The second kappa shape index (κ2) is 6.55. The molecule has 0 saturated heterocycles. The summed E-state index contributed by atoms with van der Waals surface area (Å²) in [5.74, 6) is -0.317. The van der Waals surface area contributed by atoms with Crippen LogP contribution < -0.4 is 0 Å². The molecule has 0 heterocycles. The molecule has 0 spiro atoms. The second-order valence-electron chi connectivity index (χ2n) is 5.22. The molecule has 1 aromatic carbocycles. The predicted octanol–water partition coefficient (Wildman–Crippen LogP) is 2.09. The van der Waals surface area contributed by atoms with Crippen LogP contribution in [0.5, 0.6) is 0 Å². The van der Waals surface area contributed by atoms with Gasteiger partial charge in [0.25, 0.3) is 0 Å². The van der Waals surface area contributed by atoms with E-state index in [2.05, 4.69) is 0 Å². The molecule has 4 nitrogen and oxygen atoms in total. The van der Waals surface area contributed by atoms with E-state index in [1.807, 2.05) is 31.2 Å². The minimum Gasteiger partial charge on any atom is -0.465 e. The van der Waals surface area contributed by atoms with Crippen LogP contribution in [0.25, 0.3) is 0 Å². The third-order valence-electron chi connectivity index (χ3n) is 3.35. The van der Waals surface area contributed by atoms with Gasteiger partial charge in [-0.25, -0.2) is 0 Å². The molecule has 0 radical (unpaired) electrons. The van der Waals surface area contributed by atoms with E-state index in [9.17, 15) is 9.59 Å². The minimum absolute atomic E-state index is 0.00570. The minimum atomic E-state index is -0.322. The van der Waals surface area contributed by atoms with Gasteiger partial charge >= 0.3 is 5.97 Å². The largest absolute Gasteiger partial charge is 0.465 e. The number of benzene rings is 1. The molecule has 1 fully saturated rings. The summed E-state index contributed by atoms with van der Waals surface area (Å²) in [6.07, 6.45) is 2.31. The summed E-state index contributed by atoms with van der Waals surface area (Å²) in [7, 11) is 0. The lowest BCUT2D eigenvalue weighted by Crippen LogP contribution is -2.39. The fourth-order valence-corrected chi connectivity index (χ4v) is 2.25. The van der Waals surface area contributed by atoms with Crippen LogP contribution in [0.3, 0.4) is 0 Å². The van der Waals surface area contributed by atoms with Gasteiger partial charge in [-0.1, -0.05) is 29.8 Å². The molecule has 0 atom stereocenters. The van der Waals surface area contributed by atoms with Gasteiger partial charge < -0.3 is 9.64 Å². The van der Waals surface area contributed by atoms with Gasteiger partial charge in [0.1, 0.15) is 6.54 Å². The summed E-state index contributed by atoms with van der Waals surface area (Å²) in [4.78, 5) is 25.6. The van der Waals surface area contributed by atoms with Crippen LogP contribution in [0.1, 0.15) is 30.9 Å². The van der Waals surface area contributed by atoms with Gasteiger partial charge in [-0.05, 0) is 32.3 Å². The van der Waals surface area contributed by atoms with Gasteiger partial charge in [0.05, 0.1) is 13.0 Å². The summed E-state index contributed by atoms with van der Waals surface area (Å²) in [5.41, 5.74) is 2.13. The van der Waals surface area contributed by atoms with E-state index in [0.717, 1.165) is 24.0 Å². The number of rotatable bonds is 6. The molecule has 0 N–H and O–H groups in total. The molecule has 0 unspecified atom stereocenters. The Morgan fingerprint density at radius 3 is 2.70 bits per heavy atom. The zero-order chi connectivity index (χ0) is 14.5. The topological polar surface area (TPSA) is 46.6 Å². The highest BCUT2D eigenvalue weighted by atomic mass is 16.5. The molecular weight excluding hydrogens is 254 g/mol. The average molecular weight is 275 g/mol. The number of ether oxygens (including phenoxy) is 1. The van der Waals surface area contributed by atoms with Crippen LogP contribution in [0, 0.1) is 6.92 Å². The van der Waals surface area contributed by atoms with Crippen molar-refractivity contribution in [3.05, 3.63) is 35.4 Å². The van der Waals surface area contributed by atoms with Gasteiger partial charge in [0.2, 0.25) is 5.91 Å². The maximum Gasteiger partial charge on any atom is 0.325 e. The van der Waals surface area contributed by atoms with Crippen molar-refractivity contribution in [3.8, 4) is 0 Å². The predicted molar refractivity (Wildman–Crippen MR) is 76.3 cm³/mol. The first-order valence-corrected chi connectivity index (χ1v) is 7.10. The van der Waals surface area contributed by atoms with E-state index in [1.165, 1.54) is 0 Å². The standard InChI is InChI=1S/C16H21NO3/c1-3-20-16(19)11-17(14-7-8-14)15(18)10-13-6-4-5-12(2)9-13/h4-6,9,14H,3,7-8,10-11H2,1-2H3. The third-order valence-corrected chi connectivity index (χ3v) is 3.35. The maximum absolute atomic E-state index is 12.4. The molecule has 4 heteroatoms. The lowest BCUT2D eigenvalue weighted by molar-refractivity contribution is -0.149. The van der Waals surface area contributed by atoms with Gasteiger partial charge in [0.15, 0.2) is 0 Å². The van der Waals surface area contributed by atoms with Crippen molar-refractivity contribution in [1.82, 2.24) is 4.90 Å². The fourth-order valence-electron chi connectivity index (χ4n) is 2.25. The van der Waals surface area contributed by atoms with E-state index in [1.54, 1.807) is 11.8 Å². The number of amides is 1. The van der Waals surface area contributed by atoms with Crippen LogP contribution in [-0.2, 0) is 20.7 Å². The van der Waals surface area contributed by atoms with Crippen LogP contribution >= 0.6 is 0 Å². The summed E-state index contributed by atoms with van der Waals surface area (Å²) < 4.78 is 4.94. The Bertz CT molecular complexity index is 494. The summed E-state index contributed by atoms with van der Waals surface area (Å²) in [5, 5.41) is 0. The van der Waals surface area contributed by atoms with Gasteiger partial charge in [-0.15, -0.1) is 0 Å². The Hall–Kier alpha value is -1.84. The number of hydrogen-bond acceptors (Lipinski definition) is 3. The average Bonchev–Trinajstić information content (AvgIpc) is 3.20. The lowest BCUT2D eigenvalue weighted by atomic mass is 10.1. The smallest absolute Gasteiger partial charge is 0.325 e. The van der Waals surface area contributed by atoms with Crippen molar-refractivity contribution >= 4 is 11.9 Å². The van der Waals surface area contributed by atoms with Crippen LogP contribution in [-0.4, -0.2) is 36.0 Å². The van der Waals surface area contributed by atoms with E-state index in [0.29, 0.717) is 13.0 Å². The number of nitrogens with zero attached hydrogens (tertiary/aromatic N) is 1. The van der Waals surface area contributed by atoms with Crippen molar-refractivity contribution in [3.63, 3.8) is 0 Å². The molecule has 0 bridgehead atoms. The molecule has 1 saturated carbocycles. The molecule has 1 amide bonds. The van der Waals surface area contributed by atoms with E-state index >= 15 is 0 Å². The number of carbonyl (C=O) groups is 2. The Morgan fingerprint density at radius 2 is 2.10 bits per heavy atom. The molecule has 0 aromatic heterocycles. The fraction of sp³-hybridized carbons (Fsp3) is 0.500. The molecule has 2 rings (SSSR count). The lowest BCUT2D eigenvalue weighted by Gasteiger charge is -2.21. The van der Waals surface area contributed by atoms with Gasteiger partial charge in [-0.2, -0.15) is 0 Å². The molecule has 1 aliphatic rings. The summed E-state index contributed by atoms with van der Waals surface area (Å²) in [6.45, 7) is 4.20. The zero-order valence-corrected chi connectivity index (χ0v) is 12.1. The van der Waals surface area contributed by atoms with Gasteiger partial charge in [0, 0.05) is 6.04 Å². The Kier molecular flexibility index (Phi) is 4.77. The van der Waals surface area contributed by atoms with Crippen LogP contribution in [0.4, 0.5) is 0 Å². The first-order chi connectivity index (χ1) is 9.60. The highest BCUT2D eigenvalue weighted by Gasteiger charge is 2.33. The molecule has 108 valence electrons. The van der Waals surface area contributed by atoms with Crippen molar-refractivity contribution in [2.75, 3.05) is 13.2 Å². The van der Waals surface area contributed by atoms with Crippen LogP contribution in [0.2, 0.25) is 0 Å². The maximum atomic E-state index is 12.4. The summed E-state index contributed by atoms with van der Waals surface area (Å²) in [6, 6.07) is 8.13. The first-order valence-electron chi connectivity index (χ1n) is 7.10. The molecule has 20 heavy (non-hydrogen) atoms. The molecule has 1 aromatic rings. The van der Waals surface area contributed by atoms with E-state index in [-0.39, 0.29) is 24.5 Å². The number of carbonyl (C=O) groups excluding carboxylic acids is 2. The first kappa shape index (κ1) is 14.6. The Balaban J connectivity index is 1.98. The second-order valence-corrected chi connectivity index (χ2v) is 5.22. The van der Waals surface area contributed by atoms with Crippen molar-refractivity contribution < 1.29 is 14.3 Å². The molecular formula is C16H21NO3. The van der Waals surface area contributed by atoms with E-state index in [4.69, 9.17) is 4.74 Å². The van der Waals surface area contributed by atoms with Gasteiger partial charge in [-0.3, -0.25) is 9.59 Å². The molecule has 1 aliphatic carbocycles. The number of aryl methyl sites for hydroxylation is 1. The van der Waals surface area contributed by atoms with Crippen molar-refractivity contribution in [1.29, 1.82) is 0 Å². The highest BCUT2D eigenvalue weighted by molar-refractivity contribution is 5.84.